The molecule has 0 spiro atoms. The van der Waals surface area contributed by atoms with E-state index < -0.39 is 5.41 Å². The fourth-order valence-corrected chi connectivity index (χ4v) is 5.55. The quantitative estimate of drug-likeness (QED) is 0.668. The molecule has 7 nitrogen and oxygen atoms in total. The van der Waals surface area contributed by atoms with E-state index in [2.05, 4.69) is 17.2 Å². The van der Waals surface area contributed by atoms with Crippen molar-refractivity contribution in [3.8, 4) is 0 Å². The highest BCUT2D eigenvalue weighted by atomic mass is 32.1. The maximum atomic E-state index is 13.4. The molecule has 2 fully saturated rings. The third-order valence-corrected chi connectivity index (χ3v) is 6.84. The van der Waals surface area contributed by atoms with Gasteiger partial charge in [0.05, 0.1) is 16.6 Å². The lowest BCUT2D eigenvalue weighted by Gasteiger charge is -2.35. The average molecular weight is 444 g/mol. The smallest absolute Gasteiger partial charge is 0.290 e. The molecule has 1 aromatic carbocycles. The van der Waals surface area contributed by atoms with Crippen LogP contribution in [-0.4, -0.2) is 51.9 Å². The van der Waals surface area contributed by atoms with Crippen molar-refractivity contribution in [2.24, 2.45) is 5.41 Å². The molecule has 8 heteroatoms. The van der Waals surface area contributed by atoms with Crippen LogP contribution >= 0.6 is 11.3 Å². The second-order valence-corrected chi connectivity index (χ2v) is 8.93. The normalized spacial score (nSPS) is 23.7. The Balaban J connectivity index is 0.000000858. The first kappa shape index (κ1) is 22.9. The van der Waals surface area contributed by atoms with Crippen molar-refractivity contribution in [1.82, 2.24) is 15.2 Å². The predicted octanol–water partition coefficient (Wildman–Crippen LogP) is 3.28. The summed E-state index contributed by atoms with van der Waals surface area (Å²) in [4.78, 5) is 41.5. The Hall–Kier alpha value is -2.74. The first-order valence-corrected chi connectivity index (χ1v) is 11.5. The molecule has 2 amide bonds. The van der Waals surface area contributed by atoms with E-state index in [0.717, 1.165) is 42.5 Å². The molecule has 2 aliphatic heterocycles. The number of hydrogen-bond donors (Lipinski definition) is 2. The molecule has 2 bridgehead atoms. The monoisotopic (exact) mass is 443 g/mol. The molecule has 0 unspecified atom stereocenters. The van der Waals surface area contributed by atoms with Crippen LogP contribution in [0.25, 0.3) is 0 Å². The summed E-state index contributed by atoms with van der Waals surface area (Å²) >= 11 is 1.55. The van der Waals surface area contributed by atoms with E-state index in [4.69, 9.17) is 9.90 Å². The van der Waals surface area contributed by atoms with Crippen LogP contribution in [0, 0.1) is 12.3 Å². The molecule has 0 saturated carbocycles. The van der Waals surface area contributed by atoms with Gasteiger partial charge in [-0.1, -0.05) is 24.6 Å². The summed E-state index contributed by atoms with van der Waals surface area (Å²) in [6.07, 6.45) is 4.08. The molecule has 3 atom stereocenters. The number of hydrogen-bond acceptors (Lipinski definition) is 5. The Labute approximate surface area is 186 Å². The lowest BCUT2D eigenvalue weighted by molar-refractivity contribution is -0.132. The zero-order chi connectivity index (χ0) is 22.4. The molecule has 166 valence electrons. The maximum Gasteiger partial charge on any atom is 0.290 e. The van der Waals surface area contributed by atoms with Gasteiger partial charge >= 0.3 is 0 Å². The van der Waals surface area contributed by atoms with Gasteiger partial charge in [0.25, 0.3) is 12.4 Å². The highest BCUT2D eigenvalue weighted by molar-refractivity contribution is 7.07. The van der Waals surface area contributed by atoms with Crippen LogP contribution < -0.4 is 5.32 Å². The van der Waals surface area contributed by atoms with Crippen molar-refractivity contribution in [3.05, 3.63) is 52.0 Å². The van der Waals surface area contributed by atoms with Gasteiger partial charge < -0.3 is 15.3 Å². The summed E-state index contributed by atoms with van der Waals surface area (Å²) in [5.41, 5.74) is 3.98. The second-order valence-electron chi connectivity index (χ2n) is 8.21. The Kier molecular flexibility index (Phi) is 7.43. The zero-order valence-electron chi connectivity index (χ0n) is 17.9. The van der Waals surface area contributed by atoms with Crippen LogP contribution in [0.4, 0.5) is 0 Å². The van der Waals surface area contributed by atoms with Gasteiger partial charge in [-0.3, -0.25) is 14.4 Å². The number of carbonyl (C=O) groups excluding carboxylic acids is 2. The number of rotatable bonds is 6. The number of carboxylic acid groups (broad SMARTS) is 1. The van der Waals surface area contributed by atoms with Crippen LogP contribution in [0.5, 0.6) is 0 Å². The fraction of sp³-hybridized carbons (Fsp3) is 0.478. The number of nitrogens with one attached hydrogen (secondary N) is 1. The molecule has 2 N–H and O–H groups in total. The third-order valence-electron chi connectivity index (χ3n) is 6.21. The van der Waals surface area contributed by atoms with E-state index in [1.807, 2.05) is 47.0 Å². The lowest BCUT2D eigenvalue weighted by Crippen LogP contribution is -2.51. The molecular weight excluding hydrogens is 414 g/mol. The summed E-state index contributed by atoms with van der Waals surface area (Å²) < 4.78 is 0. The molecule has 1 aromatic heterocycles. The first-order chi connectivity index (χ1) is 15.0. The summed E-state index contributed by atoms with van der Waals surface area (Å²) in [5.74, 6) is 0.135. The number of thiazole rings is 1. The minimum Gasteiger partial charge on any atom is -0.483 e. The SMILES string of the molecule is CCCNC(=O)[C@@]1(Cc2cscn2)C[C@H]2CC[C@@H]1N2C(=O)c1cccc(C)c1.O=CO. The highest BCUT2D eigenvalue weighted by Gasteiger charge is 2.61. The molecule has 2 aliphatic rings. The van der Waals surface area contributed by atoms with E-state index >= 15 is 0 Å². The van der Waals surface area contributed by atoms with E-state index in [-0.39, 0.29) is 30.4 Å². The molecule has 2 aromatic rings. The van der Waals surface area contributed by atoms with Gasteiger partial charge in [-0.05, 0) is 44.7 Å². The topological polar surface area (TPSA) is 99.6 Å². The first-order valence-electron chi connectivity index (χ1n) is 10.6. The number of nitrogens with zero attached hydrogens (tertiary/aromatic N) is 2. The van der Waals surface area contributed by atoms with E-state index in [1.165, 1.54) is 0 Å². The number of aryl methyl sites for hydroxylation is 1. The zero-order valence-corrected chi connectivity index (χ0v) is 18.7. The molecule has 2 saturated heterocycles. The Morgan fingerprint density at radius 1 is 1.39 bits per heavy atom. The van der Waals surface area contributed by atoms with Gasteiger partial charge in [0, 0.05) is 36.0 Å². The average Bonchev–Trinajstić information content (AvgIpc) is 3.48. The van der Waals surface area contributed by atoms with Crippen LogP contribution in [0.3, 0.4) is 0 Å². The Morgan fingerprint density at radius 2 is 2.16 bits per heavy atom. The second kappa shape index (κ2) is 10.0. The summed E-state index contributed by atoms with van der Waals surface area (Å²) in [6, 6.07) is 7.82. The maximum absolute atomic E-state index is 13.4. The Morgan fingerprint density at radius 3 is 2.81 bits per heavy atom. The number of benzene rings is 1. The number of fused-ring (bicyclic) bond motifs is 2. The molecule has 3 heterocycles. The van der Waals surface area contributed by atoms with E-state index in [0.29, 0.717) is 13.0 Å². The summed E-state index contributed by atoms with van der Waals surface area (Å²) in [6.45, 7) is 4.47. The van der Waals surface area contributed by atoms with Crippen LogP contribution in [0.1, 0.15) is 54.2 Å². The summed E-state index contributed by atoms with van der Waals surface area (Å²) in [7, 11) is 0. The number of carbonyl (C=O) groups is 3. The van der Waals surface area contributed by atoms with Crippen LogP contribution in [0.2, 0.25) is 0 Å². The van der Waals surface area contributed by atoms with Gasteiger partial charge in [0.15, 0.2) is 0 Å². The van der Waals surface area contributed by atoms with E-state index in [9.17, 15) is 9.59 Å². The van der Waals surface area contributed by atoms with Gasteiger partial charge in [-0.2, -0.15) is 0 Å². The van der Waals surface area contributed by atoms with Gasteiger partial charge in [-0.25, -0.2) is 4.98 Å². The summed E-state index contributed by atoms with van der Waals surface area (Å²) in [5, 5.41) is 12.0. The molecule has 4 rings (SSSR count). The van der Waals surface area contributed by atoms with Crippen molar-refractivity contribution >= 4 is 29.6 Å². The van der Waals surface area contributed by atoms with Crippen LogP contribution in [-0.2, 0) is 16.0 Å². The van der Waals surface area contributed by atoms with Crippen LogP contribution in [0.15, 0.2) is 35.2 Å². The largest absolute Gasteiger partial charge is 0.483 e. The molecule has 31 heavy (non-hydrogen) atoms. The molecule has 0 aliphatic carbocycles. The van der Waals surface area contributed by atoms with Gasteiger partial charge in [-0.15, -0.1) is 11.3 Å². The van der Waals surface area contributed by atoms with Crippen molar-refractivity contribution in [2.75, 3.05) is 6.54 Å². The van der Waals surface area contributed by atoms with Gasteiger partial charge in [0.2, 0.25) is 5.91 Å². The minimum absolute atomic E-state index is 0.0552. The van der Waals surface area contributed by atoms with E-state index in [1.54, 1.807) is 11.3 Å². The number of aromatic nitrogens is 1. The third kappa shape index (κ3) is 4.63. The van der Waals surface area contributed by atoms with Crippen molar-refractivity contribution in [3.63, 3.8) is 0 Å². The molecular formula is C23H29N3O4S. The Bertz CT molecular complexity index is 917. The minimum atomic E-state index is -0.578. The van der Waals surface area contributed by atoms with Crippen molar-refractivity contribution < 1.29 is 19.5 Å². The lowest BCUT2D eigenvalue weighted by atomic mass is 9.70. The number of amides is 2. The highest BCUT2D eigenvalue weighted by Crippen LogP contribution is 2.52. The van der Waals surface area contributed by atoms with Crippen molar-refractivity contribution in [2.45, 2.75) is 58.0 Å². The fourth-order valence-electron chi connectivity index (χ4n) is 4.99. The van der Waals surface area contributed by atoms with Gasteiger partial charge in [0.1, 0.15) is 0 Å². The predicted molar refractivity (Wildman–Crippen MR) is 119 cm³/mol. The van der Waals surface area contributed by atoms with Crippen molar-refractivity contribution in [1.29, 1.82) is 0 Å². The standard InChI is InChI=1S/C22H27N3O2S.CH2O2/c1-3-9-23-21(27)22(11-17-13-28-14-24-17)12-18-7-8-19(22)25(18)20(26)16-6-4-5-15(2)10-16;2-1-3/h4-6,10,13-14,18-19H,3,7-9,11-12H2,1-2H3,(H,23,27);1H,(H,2,3)/t18-,19+,22+;/m1./s1. The molecule has 0 radical (unpaired) electrons.